The quantitative estimate of drug-likeness (QED) is 0.546. The zero-order valence-corrected chi connectivity index (χ0v) is 11.8. The Morgan fingerprint density at radius 3 is 2.52 bits per heavy atom. The van der Waals surface area contributed by atoms with E-state index in [4.69, 9.17) is 4.74 Å². The molecule has 0 fully saturated rings. The molecule has 0 bridgehead atoms. The molecule has 0 aliphatic carbocycles. The van der Waals surface area contributed by atoms with E-state index in [0.717, 1.165) is 22.3 Å². The fourth-order valence-corrected chi connectivity index (χ4v) is 2.91. The Balaban J connectivity index is 2.01. The molecule has 3 aromatic carbocycles. The minimum Gasteiger partial charge on any atom is -0.496 e. The smallest absolute Gasteiger partial charge is 0.128 e. The molecule has 102 valence electrons. The van der Waals surface area contributed by atoms with Crippen LogP contribution in [0.15, 0.2) is 66.7 Å². The number of methoxy groups -OCH3 is 1. The van der Waals surface area contributed by atoms with Gasteiger partial charge in [-0.1, -0.05) is 48.5 Å². The third-order valence-corrected chi connectivity index (χ3v) is 3.92. The van der Waals surface area contributed by atoms with Crippen molar-refractivity contribution in [1.82, 2.24) is 4.98 Å². The predicted molar refractivity (Wildman–Crippen MR) is 87.8 cm³/mol. The Labute approximate surface area is 123 Å². The number of H-pyrrole nitrogens is 1. The second-order valence-corrected chi connectivity index (χ2v) is 5.13. The van der Waals surface area contributed by atoms with Crippen LogP contribution in [0.5, 0.6) is 5.75 Å². The maximum atomic E-state index is 5.44. The highest BCUT2D eigenvalue weighted by molar-refractivity contribution is 5.99. The van der Waals surface area contributed by atoms with Crippen LogP contribution in [0.4, 0.5) is 0 Å². The van der Waals surface area contributed by atoms with Crippen LogP contribution in [0, 0.1) is 0 Å². The molecule has 1 heterocycles. The van der Waals surface area contributed by atoms with Crippen molar-refractivity contribution in [2.75, 3.05) is 7.11 Å². The number of hydrogen-bond acceptors (Lipinski definition) is 1. The van der Waals surface area contributed by atoms with Gasteiger partial charge in [-0.3, -0.25) is 0 Å². The Hall–Kier alpha value is -2.74. The van der Waals surface area contributed by atoms with Gasteiger partial charge in [0.15, 0.2) is 0 Å². The second kappa shape index (κ2) is 4.67. The fraction of sp³-hybridized carbons (Fsp3) is 0.0526. The van der Waals surface area contributed by atoms with E-state index in [2.05, 4.69) is 59.6 Å². The van der Waals surface area contributed by atoms with Crippen molar-refractivity contribution in [1.29, 1.82) is 0 Å². The van der Waals surface area contributed by atoms with E-state index in [1.165, 1.54) is 16.3 Å². The summed E-state index contributed by atoms with van der Waals surface area (Å²) >= 11 is 0. The van der Waals surface area contributed by atoms with Crippen LogP contribution < -0.4 is 4.74 Å². The van der Waals surface area contributed by atoms with E-state index in [0.29, 0.717) is 0 Å². The summed E-state index contributed by atoms with van der Waals surface area (Å²) in [6.07, 6.45) is 0. The van der Waals surface area contributed by atoms with Gasteiger partial charge >= 0.3 is 0 Å². The summed E-state index contributed by atoms with van der Waals surface area (Å²) in [7, 11) is 1.71. The van der Waals surface area contributed by atoms with Crippen molar-refractivity contribution >= 4 is 21.7 Å². The lowest BCUT2D eigenvalue weighted by atomic mass is 10.0. The Kier molecular flexibility index (Phi) is 2.68. The molecular weight excluding hydrogens is 258 g/mol. The van der Waals surface area contributed by atoms with Gasteiger partial charge in [-0.15, -0.1) is 0 Å². The van der Waals surface area contributed by atoms with Gasteiger partial charge in [0.25, 0.3) is 0 Å². The molecule has 0 atom stereocenters. The monoisotopic (exact) mass is 273 g/mol. The molecule has 0 amide bonds. The number of aromatic nitrogens is 1. The normalized spacial score (nSPS) is 11.1. The first-order valence-corrected chi connectivity index (χ1v) is 7.01. The molecule has 0 radical (unpaired) electrons. The highest BCUT2D eigenvalue weighted by Gasteiger charge is 2.09. The average Bonchev–Trinajstić information content (AvgIpc) is 2.98. The number of benzene rings is 3. The average molecular weight is 273 g/mol. The van der Waals surface area contributed by atoms with Crippen LogP contribution in [0.1, 0.15) is 0 Å². The molecule has 0 aliphatic rings. The van der Waals surface area contributed by atoms with E-state index < -0.39 is 0 Å². The van der Waals surface area contributed by atoms with Gasteiger partial charge in [0.2, 0.25) is 0 Å². The molecule has 0 aliphatic heterocycles. The number of ether oxygens (including phenoxy) is 1. The van der Waals surface area contributed by atoms with Crippen molar-refractivity contribution in [3.63, 3.8) is 0 Å². The van der Waals surface area contributed by atoms with Crippen molar-refractivity contribution < 1.29 is 4.74 Å². The minimum absolute atomic E-state index is 0.898. The summed E-state index contributed by atoms with van der Waals surface area (Å²) in [6.45, 7) is 0. The molecule has 1 aromatic heterocycles. The first-order chi connectivity index (χ1) is 10.4. The summed E-state index contributed by atoms with van der Waals surface area (Å²) in [5.41, 5.74) is 3.43. The van der Waals surface area contributed by atoms with Gasteiger partial charge in [0.1, 0.15) is 5.75 Å². The van der Waals surface area contributed by atoms with E-state index in [9.17, 15) is 0 Å². The van der Waals surface area contributed by atoms with Crippen LogP contribution >= 0.6 is 0 Å². The number of fused-ring (bicyclic) bond motifs is 2. The first kappa shape index (κ1) is 12.0. The molecule has 0 saturated carbocycles. The summed E-state index contributed by atoms with van der Waals surface area (Å²) in [4.78, 5) is 3.50. The molecule has 2 heteroatoms. The molecule has 21 heavy (non-hydrogen) atoms. The van der Waals surface area contributed by atoms with Gasteiger partial charge in [-0.05, 0) is 29.0 Å². The number of hydrogen-bond donors (Lipinski definition) is 1. The Morgan fingerprint density at radius 1 is 0.810 bits per heavy atom. The summed E-state index contributed by atoms with van der Waals surface area (Å²) in [5, 5.41) is 3.62. The van der Waals surface area contributed by atoms with E-state index >= 15 is 0 Å². The summed E-state index contributed by atoms with van der Waals surface area (Å²) < 4.78 is 5.44. The van der Waals surface area contributed by atoms with Gasteiger partial charge in [-0.2, -0.15) is 0 Å². The molecular formula is C19H15NO. The predicted octanol–water partition coefficient (Wildman–Crippen LogP) is 5.00. The molecule has 1 N–H and O–H groups in total. The van der Waals surface area contributed by atoms with Crippen molar-refractivity contribution in [2.24, 2.45) is 0 Å². The van der Waals surface area contributed by atoms with Crippen LogP contribution in [0.3, 0.4) is 0 Å². The van der Waals surface area contributed by atoms with Crippen LogP contribution in [-0.4, -0.2) is 12.1 Å². The molecule has 0 spiro atoms. The number of aromatic amines is 1. The van der Waals surface area contributed by atoms with Crippen molar-refractivity contribution in [3.05, 3.63) is 66.7 Å². The zero-order chi connectivity index (χ0) is 14.2. The highest BCUT2D eigenvalue weighted by Crippen LogP contribution is 2.33. The first-order valence-electron chi connectivity index (χ1n) is 7.01. The fourth-order valence-electron chi connectivity index (χ4n) is 2.91. The maximum Gasteiger partial charge on any atom is 0.128 e. The second-order valence-electron chi connectivity index (χ2n) is 5.13. The Morgan fingerprint density at radius 2 is 1.62 bits per heavy atom. The number of rotatable bonds is 2. The Bertz CT molecular complexity index is 931. The zero-order valence-electron chi connectivity index (χ0n) is 11.8. The third kappa shape index (κ3) is 1.88. The lowest BCUT2D eigenvalue weighted by molar-refractivity contribution is 0.420. The van der Waals surface area contributed by atoms with E-state index in [1.54, 1.807) is 7.11 Å². The number of nitrogens with one attached hydrogen (secondary N) is 1. The molecule has 4 aromatic rings. The molecule has 0 saturated heterocycles. The standard InChI is InChI=1S/C19H15NO/c1-21-19-11-5-10-17-16(19)12-18(20-17)15-9-4-7-13-6-2-3-8-14(13)15/h2-12,20H,1H3. The third-order valence-electron chi connectivity index (χ3n) is 3.92. The van der Waals surface area contributed by atoms with E-state index in [1.807, 2.05) is 12.1 Å². The lowest BCUT2D eigenvalue weighted by Crippen LogP contribution is -1.81. The van der Waals surface area contributed by atoms with Crippen LogP contribution in [-0.2, 0) is 0 Å². The summed E-state index contributed by atoms with van der Waals surface area (Å²) in [6, 6.07) is 23.1. The topological polar surface area (TPSA) is 25.0 Å². The van der Waals surface area contributed by atoms with Gasteiger partial charge < -0.3 is 9.72 Å². The van der Waals surface area contributed by atoms with Crippen molar-refractivity contribution in [3.8, 4) is 17.0 Å². The van der Waals surface area contributed by atoms with Gasteiger partial charge in [0, 0.05) is 22.2 Å². The van der Waals surface area contributed by atoms with Crippen molar-refractivity contribution in [2.45, 2.75) is 0 Å². The summed E-state index contributed by atoms with van der Waals surface area (Å²) in [5.74, 6) is 0.898. The van der Waals surface area contributed by atoms with E-state index in [-0.39, 0.29) is 0 Å². The SMILES string of the molecule is COc1cccc2[nH]c(-c3cccc4ccccc34)cc12. The molecule has 4 rings (SSSR count). The van der Waals surface area contributed by atoms with Crippen LogP contribution in [0.25, 0.3) is 32.9 Å². The largest absolute Gasteiger partial charge is 0.496 e. The van der Waals surface area contributed by atoms with Crippen LogP contribution in [0.2, 0.25) is 0 Å². The van der Waals surface area contributed by atoms with Gasteiger partial charge in [-0.25, -0.2) is 0 Å². The minimum atomic E-state index is 0.898. The lowest BCUT2D eigenvalue weighted by Gasteiger charge is -2.04. The molecule has 0 unspecified atom stereocenters. The van der Waals surface area contributed by atoms with Gasteiger partial charge in [0.05, 0.1) is 7.11 Å². The highest BCUT2D eigenvalue weighted by atomic mass is 16.5. The maximum absolute atomic E-state index is 5.44. The molecule has 2 nitrogen and oxygen atoms in total.